The summed E-state index contributed by atoms with van der Waals surface area (Å²) in [5.74, 6) is 0. The summed E-state index contributed by atoms with van der Waals surface area (Å²) in [6.07, 6.45) is 10.6. The summed E-state index contributed by atoms with van der Waals surface area (Å²) >= 11 is 0. The molecule has 148 valence electrons. The van der Waals surface area contributed by atoms with E-state index < -0.39 is 16.6 Å². The molecule has 5 heteroatoms. The number of hydrogen-bond donors (Lipinski definition) is 0. The van der Waals surface area contributed by atoms with Crippen LogP contribution in [0.4, 0.5) is 0 Å². The Bertz CT molecular complexity index is 372. The molecule has 2 rings (SSSR count). The highest BCUT2D eigenvalue weighted by Gasteiger charge is 2.40. The van der Waals surface area contributed by atoms with Gasteiger partial charge in [-0.2, -0.15) is 0 Å². The van der Waals surface area contributed by atoms with Crippen LogP contribution in [0.2, 0.25) is 26.2 Å². The molecule has 25 heavy (non-hydrogen) atoms. The van der Waals surface area contributed by atoms with Gasteiger partial charge in [-0.15, -0.1) is 0 Å². The fourth-order valence-electron chi connectivity index (χ4n) is 5.26. The number of likely N-dealkylation sites (tertiary alicyclic amines) is 2. The number of nitrogens with zero attached hydrogens (tertiary/aromatic N) is 2. The lowest BCUT2D eigenvalue weighted by atomic mass is 9.99. The van der Waals surface area contributed by atoms with Crippen LogP contribution in [0.15, 0.2) is 0 Å². The van der Waals surface area contributed by atoms with Gasteiger partial charge in [-0.05, 0) is 79.6 Å². The van der Waals surface area contributed by atoms with E-state index in [2.05, 4.69) is 63.7 Å². The van der Waals surface area contributed by atoms with E-state index in [9.17, 15) is 0 Å². The summed E-state index contributed by atoms with van der Waals surface area (Å²) in [5.41, 5.74) is 0. The monoisotopic (exact) mass is 384 g/mol. The lowest BCUT2D eigenvalue weighted by molar-refractivity contribution is 0.115. The van der Waals surface area contributed by atoms with E-state index in [0.717, 1.165) is 24.2 Å². The predicted molar refractivity (Wildman–Crippen MR) is 115 cm³/mol. The van der Waals surface area contributed by atoms with Gasteiger partial charge < -0.3 is 4.12 Å². The Kier molecular flexibility index (Phi) is 7.39. The van der Waals surface area contributed by atoms with Gasteiger partial charge in [0.2, 0.25) is 0 Å². The van der Waals surface area contributed by atoms with Gasteiger partial charge in [-0.3, -0.25) is 9.80 Å². The maximum atomic E-state index is 7.02. The normalized spacial score (nSPS) is 33.6. The van der Waals surface area contributed by atoms with Crippen LogP contribution in [0.3, 0.4) is 0 Å². The van der Waals surface area contributed by atoms with E-state index in [4.69, 9.17) is 4.12 Å². The molecule has 0 aromatic heterocycles. The van der Waals surface area contributed by atoms with Gasteiger partial charge >= 0.3 is 0 Å². The number of rotatable bonds is 6. The highest BCUT2D eigenvalue weighted by molar-refractivity contribution is 6.85. The molecule has 4 atom stereocenters. The average Bonchev–Trinajstić information content (AvgIpc) is 2.46. The molecule has 0 aromatic rings. The third-order valence-electron chi connectivity index (χ3n) is 6.43. The second kappa shape index (κ2) is 8.55. The maximum absolute atomic E-state index is 7.02. The molecule has 2 saturated heterocycles. The Morgan fingerprint density at radius 3 is 1.20 bits per heavy atom. The van der Waals surface area contributed by atoms with Crippen LogP contribution in [0.5, 0.6) is 0 Å². The van der Waals surface area contributed by atoms with Gasteiger partial charge in [0.1, 0.15) is 0 Å². The summed E-state index contributed by atoms with van der Waals surface area (Å²) in [6, 6.07) is 2.91. The lowest BCUT2D eigenvalue weighted by Gasteiger charge is -2.47. The molecule has 0 aromatic carbocycles. The Hall–Kier alpha value is 0.314. The summed E-state index contributed by atoms with van der Waals surface area (Å²) in [5, 5.41) is 0. The largest absolute Gasteiger partial charge is 0.454 e. The molecule has 0 bridgehead atoms. The molecule has 0 spiro atoms. The quantitative estimate of drug-likeness (QED) is 0.598. The number of hydrogen-bond acceptors (Lipinski definition) is 3. The van der Waals surface area contributed by atoms with E-state index in [-0.39, 0.29) is 0 Å². The van der Waals surface area contributed by atoms with Crippen molar-refractivity contribution in [2.75, 3.05) is 12.3 Å². The van der Waals surface area contributed by atoms with Crippen LogP contribution in [0.1, 0.15) is 66.2 Å². The van der Waals surface area contributed by atoms with Gasteiger partial charge in [-0.1, -0.05) is 12.8 Å². The van der Waals surface area contributed by atoms with Gasteiger partial charge in [0.25, 0.3) is 0 Å². The van der Waals surface area contributed by atoms with Crippen molar-refractivity contribution in [3.8, 4) is 0 Å². The summed E-state index contributed by atoms with van der Waals surface area (Å²) in [7, 11) is -3.35. The minimum absolute atomic E-state index is 0.728. The first kappa shape index (κ1) is 21.6. The molecule has 0 unspecified atom stereocenters. The first-order chi connectivity index (χ1) is 11.5. The molecule has 0 saturated carbocycles. The second-order valence-corrected chi connectivity index (χ2v) is 18.7. The molecule has 0 N–H and O–H groups in total. The Morgan fingerprint density at radius 2 is 0.920 bits per heavy atom. The number of piperidine rings is 2. The molecule has 2 fully saturated rings. The second-order valence-electron chi connectivity index (χ2n) is 10.2. The van der Waals surface area contributed by atoms with Crippen molar-refractivity contribution < 1.29 is 4.12 Å². The van der Waals surface area contributed by atoms with Crippen LogP contribution in [-0.2, 0) is 4.12 Å². The fourth-order valence-corrected chi connectivity index (χ4v) is 14.8. The zero-order valence-electron chi connectivity index (χ0n) is 18.3. The molecule has 2 aliphatic heterocycles. The smallest absolute Gasteiger partial charge is 0.187 e. The predicted octanol–water partition coefficient (Wildman–Crippen LogP) is 5.02. The Morgan fingerprint density at radius 1 is 0.640 bits per heavy atom. The van der Waals surface area contributed by atoms with Crippen molar-refractivity contribution in [1.29, 1.82) is 0 Å². The summed E-state index contributed by atoms with van der Waals surface area (Å²) in [6.45, 7) is 19.5. The standard InChI is InChI=1S/C20H44N2OSi2/c1-17-11-9-12-18(2)21(17)15-24(5,6)23-25(7,8)16-22-19(3)13-10-14-20(22)4/h17-20H,9-16H2,1-8H3/t17-,18-,19-,20-/m1/s1. The fraction of sp³-hybridized carbons (Fsp3) is 1.00. The molecular weight excluding hydrogens is 340 g/mol. The van der Waals surface area contributed by atoms with Crippen LogP contribution in [0, 0.1) is 0 Å². The van der Waals surface area contributed by atoms with Crippen molar-refractivity contribution in [3.63, 3.8) is 0 Å². The molecule has 0 radical (unpaired) electrons. The van der Waals surface area contributed by atoms with Crippen molar-refractivity contribution in [3.05, 3.63) is 0 Å². The van der Waals surface area contributed by atoms with Gasteiger partial charge in [0.05, 0.1) is 0 Å². The average molecular weight is 385 g/mol. The van der Waals surface area contributed by atoms with E-state index >= 15 is 0 Å². The minimum atomic E-state index is -1.68. The summed E-state index contributed by atoms with van der Waals surface area (Å²) in [4.78, 5) is 5.51. The Balaban J connectivity index is 1.97. The zero-order valence-corrected chi connectivity index (χ0v) is 20.3. The molecule has 2 aliphatic rings. The van der Waals surface area contributed by atoms with Gasteiger partial charge in [0, 0.05) is 36.5 Å². The molecule has 3 nitrogen and oxygen atoms in total. The van der Waals surface area contributed by atoms with Crippen molar-refractivity contribution in [1.82, 2.24) is 9.80 Å². The molecule has 0 amide bonds. The minimum Gasteiger partial charge on any atom is -0.454 e. The zero-order chi connectivity index (χ0) is 18.8. The van der Waals surface area contributed by atoms with E-state index in [1.165, 1.54) is 50.9 Å². The Labute approximate surface area is 159 Å². The third-order valence-corrected chi connectivity index (χ3v) is 13.1. The van der Waals surface area contributed by atoms with Crippen molar-refractivity contribution in [2.45, 2.75) is 117 Å². The van der Waals surface area contributed by atoms with Gasteiger partial charge in [-0.25, -0.2) is 0 Å². The van der Waals surface area contributed by atoms with Crippen molar-refractivity contribution in [2.24, 2.45) is 0 Å². The summed E-state index contributed by atoms with van der Waals surface area (Å²) < 4.78 is 7.02. The van der Waals surface area contributed by atoms with Crippen molar-refractivity contribution >= 4 is 16.6 Å². The maximum Gasteiger partial charge on any atom is 0.187 e. The first-order valence-corrected chi connectivity index (χ1v) is 17.0. The van der Waals surface area contributed by atoms with Gasteiger partial charge in [0.15, 0.2) is 16.6 Å². The molecular formula is C20H44N2OSi2. The topological polar surface area (TPSA) is 15.7 Å². The molecule has 2 heterocycles. The highest BCUT2D eigenvalue weighted by atomic mass is 28.4. The molecule has 0 aliphatic carbocycles. The third kappa shape index (κ3) is 6.16. The van der Waals surface area contributed by atoms with Crippen LogP contribution >= 0.6 is 0 Å². The van der Waals surface area contributed by atoms with E-state index in [0.29, 0.717) is 0 Å². The van der Waals surface area contributed by atoms with Crippen LogP contribution in [0.25, 0.3) is 0 Å². The van der Waals surface area contributed by atoms with E-state index in [1.807, 2.05) is 0 Å². The highest BCUT2D eigenvalue weighted by Crippen LogP contribution is 2.28. The lowest BCUT2D eigenvalue weighted by Crippen LogP contribution is -2.60. The SMILES string of the molecule is C[C@@H]1CCC[C@@H](C)N1C[Si](C)(C)O[Si](C)(C)CN1[C@H](C)CCC[C@H]1C. The van der Waals surface area contributed by atoms with Crippen LogP contribution < -0.4 is 0 Å². The first-order valence-electron chi connectivity index (χ1n) is 10.7. The van der Waals surface area contributed by atoms with Crippen LogP contribution in [-0.4, -0.2) is 62.9 Å². The van der Waals surface area contributed by atoms with E-state index in [1.54, 1.807) is 0 Å².